The van der Waals surface area contributed by atoms with Gasteiger partial charge in [-0.05, 0) is 51.5 Å². The summed E-state index contributed by atoms with van der Waals surface area (Å²) in [5, 5.41) is 2.83. The van der Waals surface area contributed by atoms with Crippen molar-refractivity contribution in [1.29, 1.82) is 0 Å². The number of thioether (sulfide) groups is 1. The van der Waals surface area contributed by atoms with Crippen molar-refractivity contribution in [2.45, 2.75) is 62.5 Å². The number of fused-ring (bicyclic) bond motifs is 2. The number of hydrogen-bond donors (Lipinski definition) is 1. The highest BCUT2D eigenvalue weighted by molar-refractivity contribution is 7.99. The van der Waals surface area contributed by atoms with Crippen molar-refractivity contribution in [1.82, 2.24) is 19.8 Å². The third-order valence-corrected chi connectivity index (χ3v) is 10.4. The second kappa shape index (κ2) is 13.3. The first kappa shape index (κ1) is 34.1. The van der Waals surface area contributed by atoms with Crippen molar-refractivity contribution < 1.29 is 31.5 Å². The summed E-state index contributed by atoms with van der Waals surface area (Å²) in [6, 6.07) is 2.63. The Kier molecular flexibility index (Phi) is 9.44. The first-order chi connectivity index (χ1) is 22.8. The summed E-state index contributed by atoms with van der Waals surface area (Å²) in [6.45, 7) is 10.9. The summed E-state index contributed by atoms with van der Waals surface area (Å²) in [5.74, 6) is -2.25. The molecule has 1 amide bonds. The molecule has 8 nitrogen and oxygen atoms in total. The molecule has 2 bridgehead atoms. The smallest absolute Gasteiger partial charge is 0.375 e. The van der Waals surface area contributed by atoms with Gasteiger partial charge < -0.3 is 15.0 Å². The zero-order valence-corrected chi connectivity index (χ0v) is 27.6. The molecule has 1 aromatic heterocycles. The average molecular weight is 690 g/mol. The number of ether oxygens (including phenoxy) is 1. The fraction of sp³-hybridized carbons (Fsp3) is 0.441. The molecule has 3 aliphatic rings. The van der Waals surface area contributed by atoms with Crippen LogP contribution in [0.1, 0.15) is 38.8 Å². The zero-order chi connectivity index (χ0) is 34.5. The molecule has 1 N–H and O–H groups in total. The summed E-state index contributed by atoms with van der Waals surface area (Å²) < 4.78 is 81.6. The van der Waals surface area contributed by atoms with E-state index >= 15 is 17.6 Å². The predicted molar refractivity (Wildman–Crippen MR) is 175 cm³/mol. The maximum atomic E-state index is 15.3. The van der Waals surface area contributed by atoms with Gasteiger partial charge in [0, 0.05) is 71.5 Å². The van der Waals surface area contributed by atoms with Gasteiger partial charge in [0.15, 0.2) is 0 Å². The van der Waals surface area contributed by atoms with Crippen molar-refractivity contribution in [3.8, 4) is 11.1 Å². The molecule has 14 heteroatoms. The number of anilines is 1. The number of alkyl halides is 3. The van der Waals surface area contributed by atoms with Gasteiger partial charge in [0.2, 0.25) is 5.91 Å². The molecule has 4 heterocycles. The van der Waals surface area contributed by atoms with E-state index in [-0.39, 0.29) is 52.6 Å². The van der Waals surface area contributed by atoms with Crippen molar-refractivity contribution >= 4 is 34.4 Å². The Balaban J connectivity index is 1.62. The van der Waals surface area contributed by atoms with E-state index in [0.717, 1.165) is 48.0 Å². The first-order valence-corrected chi connectivity index (χ1v) is 16.7. The molecule has 0 radical (unpaired) electrons. The number of allylic oxidation sites excluding steroid dienone is 1. The van der Waals surface area contributed by atoms with E-state index in [1.807, 2.05) is 19.9 Å². The van der Waals surface area contributed by atoms with Crippen molar-refractivity contribution in [3.63, 3.8) is 0 Å². The van der Waals surface area contributed by atoms with Gasteiger partial charge in [-0.1, -0.05) is 18.2 Å². The molecular weight excluding hydrogens is 653 g/mol. The van der Waals surface area contributed by atoms with Crippen LogP contribution in [0.15, 0.2) is 58.3 Å². The number of carbonyl (C=O) groups is 1. The number of hydrogen-bond acceptors (Lipinski definition) is 7. The lowest BCUT2D eigenvalue weighted by atomic mass is 9.95. The van der Waals surface area contributed by atoms with Gasteiger partial charge in [-0.25, -0.2) is 13.6 Å². The second-order valence-corrected chi connectivity index (χ2v) is 13.7. The Morgan fingerprint density at radius 3 is 2.69 bits per heavy atom. The van der Waals surface area contributed by atoms with E-state index in [1.165, 1.54) is 4.57 Å². The van der Waals surface area contributed by atoms with Crippen LogP contribution in [0.25, 0.3) is 22.0 Å². The van der Waals surface area contributed by atoms with Crippen molar-refractivity contribution in [2.24, 2.45) is 0 Å². The molecule has 256 valence electrons. The maximum Gasteiger partial charge on any atom is 0.417 e. The van der Waals surface area contributed by atoms with E-state index in [9.17, 15) is 14.0 Å². The largest absolute Gasteiger partial charge is 0.417 e. The minimum Gasteiger partial charge on any atom is -0.375 e. The van der Waals surface area contributed by atoms with E-state index in [0.29, 0.717) is 25.8 Å². The third kappa shape index (κ3) is 6.49. The van der Waals surface area contributed by atoms with Crippen LogP contribution in [0.2, 0.25) is 0 Å². The number of aromatic nitrogens is 2. The van der Waals surface area contributed by atoms with E-state index in [4.69, 9.17) is 4.74 Å². The lowest BCUT2D eigenvalue weighted by molar-refractivity contribution is -0.137. The summed E-state index contributed by atoms with van der Waals surface area (Å²) >= 11 is 1.13. The number of rotatable bonds is 10. The van der Waals surface area contributed by atoms with Crippen LogP contribution in [0.5, 0.6) is 0 Å². The Morgan fingerprint density at radius 2 is 2.06 bits per heavy atom. The monoisotopic (exact) mass is 689 g/mol. The molecule has 3 aromatic rings. The second-order valence-electron chi connectivity index (χ2n) is 12.6. The molecule has 2 fully saturated rings. The number of halogens is 5. The molecule has 2 saturated heterocycles. The number of morpholine rings is 1. The van der Waals surface area contributed by atoms with Crippen LogP contribution in [-0.4, -0.2) is 77.1 Å². The highest BCUT2D eigenvalue weighted by Crippen LogP contribution is 2.50. The highest BCUT2D eigenvalue weighted by Gasteiger charge is 2.43. The average Bonchev–Trinajstić information content (AvgIpc) is 3.65. The Morgan fingerprint density at radius 1 is 1.29 bits per heavy atom. The number of nitrogens with zero attached hydrogens (tertiary/aromatic N) is 4. The number of likely N-dealkylation sites (tertiary alicyclic amines) is 1. The molecule has 0 saturated carbocycles. The third-order valence-electron chi connectivity index (χ3n) is 9.20. The minimum atomic E-state index is -4.94. The van der Waals surface area contributed by atoms with Gasteiger partial charge in [0.05, 0.1) is 29.8 Å². The van der Waals surface area contributed by atoms with Gasteiger partial charge in [-0.3, -0.25) is 14.3 Å². The minimum absolute atomic E-state index is 0.0138. The highest BCUT2D eigenvalue weighted by atomic mass is 32.2. The van der Waals surface area contributed by atoms with Gasteiger partial charge in [-0.2, -0.15) is 18.2 Å². The first-order valence-electron chi connectivity index (χ1n) is 15.7. The topological polar surface area (TPSA) is 79.7 Å². The predicted octanol–water partition coefficient (Wildman–Crippen LogP) is 5.94. The normalized spacial score (nSPS) is 21.5. The summed E-state index contributed by atoms with van der Waals surface area (Å²) in [6.07, 6.45) is -1.01. The standard InChI is InChI=1S/C34H36F5N5O3S/c1-5-18(3)12-43(13-19(4)40-28(45)6-2)32-25-11-26(34(37,38)39)29(24-8-7-20(35)9-27(24)36)31-30(25)44(33(46)41-32)22(17-48-31)14-42-15-23-10-21(42)16-47-23/h5-9,11,19,21-23H,2,10,12-17H2,1,3-4H3,(H,40,45)/b18-5-/t19-,21-,22-,23-/m0/s1. The quantitative estimate of drug-likeness (QED) is 0.160. The van der Waals surface area contributed by atoms with Crippen LogP contribution >= 0.6 is 11.8 Å². The molecule has 0 aliphatic carbocycles. The maximum absolute atomic E-state index is 15.3. The summed E-state index contributed by atoms with van der Waals surface area (Å²) in [5.41, 5.74) is -1.58. The fourth-order valence-electron chi connectivity index (χ4n) is 6.92. The number of carbonyl (C=O) groups excluding carboxylic acids is 1. The van der Waals surface area contributed by atoms with Gasteiger partial charge in [0.1, 0.15) is 17.5 Å². The van der Waals surface area contributed by atoms with Gasteiger partial charge >= 0.3 is 11.9 Å². The summed E-state index contributed by atoms with van der Waals surface area (Å²) in [4.78, 5) is 34.7. The van der Waals surface area contributed by atoms with Crippen LogP contribution in [0.4, 0.5) is 27.8 Å². The SMILES string of the molecule is C=CC(=O)N[C@@H](C)CN(C/C(C)=C\C)c1nc(=O)n2c3c(c(-c4ccc(F)cc4F)c(C(F)(F)F)cc13)SC[C@@H]2CN1C[C@@H]2C[C@H]1CO2. The molecule has 6 rings (SSSR count). The van der Waals surface area contributed by atoms with Crippen molar-refractivity contribution in [2.75, 3.05) is 43.4 Å². The number of benzene rings is 2. The Labute approximate surface area is 278 Å². The zero-order valence-electron chi connectivity index (χ0n) is 26.7. The lowest BCUT2D eigenvalue weighted by Gasteiger charge is -2.36. The van der Waals surface area contributed by atoms with Gasteiger partial charge in [0.25, 0.3) is 0 Å². The van der Waals surface area contributed by atoms with E-state index in [1.54, 1.807) is 11.8 Å². The molecule has 0 spiro atoms. The van der Waals surface area contributed by atoms with Crippen LogP contribution < -0.4 is 15.9 Å². The molecule has 48 heavy (non-hydrogen) atoms. The molecule has 0 unspecified atom stereocenters. The van der Waals surface area contributed by atoms with E-state index in [2.05, 4.69) is 21.8 Å². The van der Waals surface area contributed by atoms with Crippen molar-refractivity contribution in [3.05, 3.63) is 76.3 Å². The van der Waals surface area contributed by atoms with E-state index < -0.39 is 58.2 Å². The van der Waals surface area contributed by atoms with Crippen LogP contribution in [0.3, 0.4) is 0 Å². The molecule has 3 aliphatic heterocycles. The molecular formula is C34H36F5N5O3S. The fourth-order valence-corrected chi connectivity index (χ4v) is 8.24. The van der Waals surface area contributed by atoms with Gasteiger partial charge in [-0.15, -0.1) is 11.8 Å². The van der Waals surface area contributed by atoms with Crippen LogP contribution in [0, 0.1) is 11.6 Å². The lowest BCUT2D eigenvalue weighted by Crippen LogP contribution is -2.45. The Hall–Kier alpha value is -3.75. The summed E-state index contributed by atoms with van der Waals surface area (Å²) in [7, 11) is 0. The Bertz CT molecular complexity index is 1860. The molecule has 2 aromatic carbocycles. The molecule has 4 atom stereocenters. The van der Waals surface area contributed by atoms with Crippen LogP contribution in [-0.2, 0) is 15.7 Å². The number of amides is 1. The number of nitrogens with one attached hydrogen (secondary N) is 1.